The lowest BCUT2D eigenvalue weighted by atomic mass is 9.98. The van der Waals surface area contributed by atoms with Gasteiger partial charge in [-0.3, -0.25) is 4.79 Å². The number of carbonyl (C=O) groups is 1. The van der Waals surface area contributed by atoms with Gasteiger partial charge in [-0.1, -0.05) is 0 Å². The molecular weight excluding hydrogens is 210 g/mol. The van der Waals surface area contributed by atoms with Crippen LogP contribution < -0.4 is 4.90 Å². The van der Waals surface area contributed by atoms with Gasteiger partial charge in [-0.2, -0.15) is 0 Å². The quantitative estimate of drug-likeness (QED) is 0.797. The van der Waals surface area contributed by atoms with Crippen LogP contribution in [0.15, 0.2) is 11.4 Å². The zero-order valence-corrected chi connectivity index (χ0v) is 9.37. The molecule has 2 heterocycles. The summed E-state index contributed by atoms with van der Waals surface area (Å²) in [6, 6.07) is 1.94. The summed E-state index contributed by atoms with van der Waals surface area (Å²) in [4.78, 5) is 13.6. The van der Waals surface area contributed by atoms with Gasteiger partial charge in [-0.25, -0.2) is 0 Å². The van der Waals surface area contributed by atoms with Crippen molar-refractivity contribution >= 4 is 23.3 Å². The first-order chi connectivity index (χ1) is 7.33. The number of nitrogens with zero attached hydrogens (tertiary/aromatic N) is 1. The summed E-state index contributed by atoms with van der Waals surface area (Å²) in [5.41, 5.74) is 1.15. The largest absolute Gasteiger partial charge is 0.396 e. The van der Waals surface area contributed by atoms with Crippen molar-refractivity contribution in [1.29, 1.82) is 0 Å². The molecule has 0 radical (unpaired) electrons. The van der Waals surface area contributed by atoms with Crippen LogP contribution in [0.5, 0.6) is 0 Å². The van der Waals surface area contributed by atoms with Crippen LogP contribution in [-0.4, -0.2) is 31.1 Å². The summed E-state index contributed by atoms with van der Waals surface area (Å²) in [6.07, 6.45) is 2.99. The Morgan fingerprint density at radius 2 is 2.27 bits per heavy atom. The van der Waals surface area contributed by atoms with Crippen molar-refractivity contribution in [2.45, 2.75) is 12.8 Å². The number of anilines is 1. The Labute approximate surface area is 93.3 Å². The van der Waals surface area contributed by atoms with Crippen LogP contribution in [-0.2, 0) is 0 Å². The predicted octanol–water partition coefficient (Wildman–Crippen LogP) is 1.77. The molecular formula is C11H15NO2S. The van der Waals surface area contributed by atoms with E-state index < -0.39 is 0 Å². The molecule has 0 saturated carbocycles. The Morgan fingerprint density at radius 3 is 2.80 bits per heavy atom. The van der Waals surface area contributed by atoms with E-state index in [0.717, 1.165) is 42.8 Å². The van der Waals surface area contributed by atoms with Crippen LogP contribution in [0.4, 0.5) is 5.69 Å². The molecule has 1 aromatic heterocycles. The van der Waals surface area contributed by atoms with E-state index in [-0.39, 0.29) is 0 Å². The minimum absolute atomic E-state index is 0.303. The molecule has 82 valence electrons. The molecule has 0 spiro atoms. The van der Waals surface area contributed by atoms with Gasteiger partial charge in [-0.05, 0) is 24.8 Å². The Bertz CT molecular complexity index is 329. The number of aliphatic hydroxyl groups is 1. The summed E-state index contributed by atoms with van der Waals surface area (Å²) in [7, 11) is 0. The Balaban J connectivity index is 1.97. The number of piperidine rings is 1. The van der Waals surface area contributed by atoms with Gasteiger partial charge in [0.15, 0.2) is 6.29 Å². The molecule has 0 aliphatic carbocycles. The second-order valence-corrected chi connectivity index (χ2v) is 4.88. The van der Waals surface area contributed by atoms with Crippen LogP contribution in [0.3, 0.4) is 0 Å². The number of aldehydes is 1. The number of thiophene rings is 1. The number of hydrogen-bond acceptors (Lipinski definition) is 4. The highest BCUT2D eigenvalue weighted by Gasteiger charge is 2.19. The van der Waals surface area contributed by atoms with Gasteiger partial charge >= 0.3 is 0 Å². The van der Waals surface area contributed by atoms with E-state index >= 15 is 0 Å². The highest BCUT2D eigenvalue weighted by atomic mass is 32.1. The number of rotatable bonds is 3. The Hall–Kier alpha value is -0.870. The molecule has 0 amide bonds. The lowest BCUT2D eigenvalue weighted by molar-refractivity contribution is 0.112. The molecule has 4 heteroatoms. The molecule has 1 N–H and O–H groups in total. The van der Waals surface area contributed by atoms with Gasteiger partial charge < -0.3 is 10.0 Å². The minimum Gasteiger partial charge on any atom is -0.396 e. The first-order valence-corrected chi connectivity index (χ1v) is 6.11. The molecule has 0 bridgehead atoms. The zero-order chi connectivity index (χ0) is 10.7. The molecule has 2 rings (SSSR count). The van der Waals surface area contributed by atoms with Crippen LogP contribution >= 0.6 is 11.3 Å². The van der Waals surface area contributed by atoms with E-state index in [4.69, 9.17) is 5.11 Å². The molecule has 1 fully saturated rings. The van der Waals surface area contributed by atoms with Crippen molar-refractivity contribution < 1.29 is 9.90 Å². The van der Waals surface area contributed by atoms with Crippen LogP contribution in [0.2, 0.25) is 0 Å². The van der Waals surface area contributed by atoms with Crippen LogP contribution in [0.25, 0.3) is 0 Å². The fraction of sp³-hybridized carbons (Fsp3) is 0.545. The first kappa shape index (κ1) is 10.6. The molecule has 1 aliphatic heterocycles. The zero-order valence-electron chi connectivity index (χ0n) is 8.56. The predicted molar refractivity (Wildman–Crippen MR) is 61.7 cm³/mol. The smallest absolute Gasteiger partial charge is 0.160 e. The maximum Gasteiger partial charge on any atom is 0.160 e. The van der Waals surface area contributed by atoms with Crippen molar-refractivity contribution in [1.82, 2.24) is 0 Å². The van der Waals surface area contributed by atoms with Gasteiger partial charge in [0.1, 0.15) is 0 Å². The van der Waals surface area contributed by atoms with Crippen molar-refractivity contribution in [3.8, 4) is 0 Å². The van der Waals surface area contributed by atoms with Gasteiger partial charge in [-0.15, -0.1) is 11.3 Å². The normalized spacial score (nSPS) is 18.1. The summed E-state index contributed by atoms with van der Waals surface area (Å²) < 4.78 is 0. The van der Waals surface area contributed by atoms with Crippen molar-refractivity contribution in [3.63, 3.8) is 0 Å². The highest BCUT2D eigenvalue weighted by molar-refractivity contribution is 7.12. The summed E-state index contributed by atoms with van der Waals surface area (Å²) in [5.74, 6) is 0.463. The molecule has 3 nitrogen and oxygen atoms in total. The topological polar surface area (TPSA) is 40.5 Å². The van der Waals surface area contributed by atoms with Gasteiger partial charge in [0.2, 0.25) is 0 Å². The molecule has 0 atom stereocenters. The minimum atomic E-state index is 0.303. The lowest BCUT2D eigenvalue weighted by Crippen LogP contribution is -2.34. The number of hydrogen-bond donors (Lipinski definition) is 1. The first-order valence-electron chi connectivity index (χ1n) is 5.23. The van der Waals surface area contributed by atoms with E-state index in [1.54, 1.807) is 0 Å². The number of aliphatic hydroxyl groups excluding tert-OH is 1. The lowest BCUT2D eigenvalue weighted by Gasteiger charge is -2.32. The summed E-state index contributed by atoms with van der Waals surface area (Å²) >= 11 is 1.49. The third-order valence-corrected chi connectivity index (χ3v) is 3.81. The maximum absolute atomic E-state index is 10.6. The second kappa shape index (κ2) is 4.77. The van der Waals surface area contributed by atoms with E-state index in [2.05, 4.69) is 4.90 Å². The molecule has 15 heavy (non-hydrogen) atoms. The average Bonchev–Trinajstić information content (AvgIpc) is 2.78. The molecule has 1 aromatic rings. The second-order valence-electron chi connectivity index (χ2n) is 3.94. The van der Waals surface area contributed by atoms with Gasteiger partial charge in [0.25, 0.3) is 0 Å². The van der Waals surface area contributed by atoms with Gasteiger partial charge in [0.05, 0.1) is 4.88 Å². The van der Waals surface area contributed by atoms with Crippen LogP contribution in [0.1, 0.15) is 22.5 Å². The summed E-state index contributed by atoms with van der Waals surface area (Å²) in [6.45, 7) is 2.28. The standard InChI is InChI=1S/C11H15NO2S/c13-6-9-1-3-12(4-2-9)10-5-11(7-14)15-8-10/h5,7-9,13H,1-4,6H2. The number of carbonyl (C=O) groups excluding carboxylic acids is 1. The maximum atomic E-state index is 10.6. The monoisotopic (exact) mass is 225 g/mol. The molecule has 1 saturated heterocycles. The average molecular weight is 225 g/mol. The Kier molecular flexibility index (Phi) is 3.38. The highest BCUT2D eigenvalue weighted by Crippen LogP contribution is 2.26. The molecule has 0 unspecified atom stereocenters. The molecule has 1 aliphatic rings. The third-order valence-electron chi connectivity index (χ3n) is 2.96. The van der Waals surface area contributed by atoms with E-state index in [0.29, 0.717) is 12.5 Å². The van der Waals surface area contributed by atoms with E-state index in [1.807, 2.05) is 11.4 Å². The molecule has 0 aromatic carbocycles. The SMILES string of the molecule is O=Cc1cc(N2CCC(CO)CC2)cs1. The van der Waals surface area contributed by atoms with Crippen molar-refractivity contribution in [2.75, 3.05) is 24.6 Å². The van der Waals surface area contributed by atoms with Crippen molar-refractivity contribution in [2.24, 2.45) is 5.92 Å². The third kappa shape index (κ3) is 2.38. The fourth-order valence-electron chi connectivity index (χ4n) is 1.94. The van der Waals surface area contributed by atoms with Gasteiger partial charge in [0, 0.05) is 30.8 Å². The van der Waals surface area contributed by atoms with E-state index in [1.165, 1.54) is 11.3 Å². The van der Waals surface area contributed by atoms with E-state index in [9.17, 15) is 4.79 Å². The summed E-state index contributed by atoms with van der Waals surface area (Å²) in [5, 5.41) is 11.1. The fourth-order valence-corrected chi connectivity index (χ4v) is 2.66. The van der Waals surface area contributed by atoms with Crippen molar-refractivity contribution in [3.05, 3.63) is 16.3 Å². The van der Waals surface area contributed by atoms with Crippen LogP contribution in [0, 0.1) is 5.92 Å². The Morgan fingerprint density at radius 1 is 1.53 bits per heavy atom.